The largest absolute Gasteiger partial charge is 0.491 e. The third-order valence-electron chi connectivity index (χ3n) is 6.59. The van der Waals surface area contributed by atoms with E-state index < -0.39 is 22.0 Å². The summed E-state index contributed by atoms with van der Waals surface area (Å²) in [7, 11) is -3.94. The van der Waals surface area contributed by atoms with Crippen molar-refractivity contribution in [2.45, 2.75) is 58.0 Å². The highest BCUT2D eigenvalue weighted by atomic mass is 32.2. The van der Waals surface area contributed by atoms with Crippen molar-refractivity contribution in [1.29, 1.82) is 0 Å². The summed E-state index contributed by atoms with van der Waals surface area (Å²) in [4.78, 5) is 13.3. The quantitative estimate of drug-likeness (QED) is 0.427. The second kappa shape index (κ2) is 10.7. The average Bonchev–Trinajstić information content (AvgIpc) is 2.86. The molecule has 202 valence electrons. The van der Waals surface area contributed by atoms with Crippen LogP contribution in [0.1, 0.15) is 43.0 Å². The van der Waals surface area contributed by atoms with Gasteiger partial charge in [-0.1, -0.05) is 62.2 Å². The van der Waals surface area contributed by atoms with E-state index in [4.69, 9.17) is 9.47 Å². The molecule has 38 heavy (non-hydrogen) atoms. The lowest BCUT2D eigenvalue weighted by Crippen LogP contribution is -2.51. The summed E-state index contributed by atoms with van der Waals surface area (Å²) in [5.41, 5.74) is 4.34. The van der Waals surface area contributed by atoms with Crippen molar-refractivity contribution in [2.24, 2.45) is 0 Å². The minimum Gasteiger partial charge on any atom is -0.491 e. The molecular weight excluding hydrogens is 500 g/mol. The number of nitrogens with one attached hydrogen (secondary N) is 1. The number of amides is 1. The molecule has 1 heterocycles. The van der Waals surface area contributed by atoms with Gasteiger partial charge in [-0.05, 0) is 67.6 Å². The van der Waals surface area contributed by atoms with Crippen LogP contribution >= 0.6 is 0 Å². The van der Waals surface area contributed by atoms with Crippen LogP contribution in [-0.2, 0) is 20.2 Å². The summed E-state index contributed by atoms with van der Waals surface area (Å²) in [5, 5.41) is 2.83. The van der Waals surface area contributed by atoms with Crippen LogP contribution in [0.2, 0.25) is 0 Å². The van der Waals surface area contributed by atoms with Crippen LogP contribution in [-0.4, -0.2) is 40.1 Å². The molecule has 0 aliphatic carbocycles. The molecule has 3 aromatic carbocycles. The zero-order valence-electron chi connectivity index (χ0n) is 22.9. The molecule has 1 aliphatic heterocycles. The lowest BCUT2D eigenvalue weighted by atomic mass is 9.86. The minimum atomic E-state index is -3.94. The van der Waals surface area contributed by atoms with Crippen molar-refractivity contribution in [3.05, 3.63) is 82.9 Å². The number of hydrogen-bond acceptors (Lipinski definition) is 5. The van der Waals surface area contributed by atoms with E-state index in [0.29, 0.717) is 11.4 Å². The van der Waals surface area contributed by atoms with Crippen molar-refractivity contribution in [3.8, 4) is 11.5 Å². The summed E-state index contributed by atoms with van der Waals surface area (Å²) in [6.07, 6.45) is -1.01. The maximum Gasteiger partial charge on any atom is 0.264 e. The highest BCUT2D eigenvalue weighted by Crippen LogP contribution is 2.40. The number of benzene rings is 3. The summed E-state index contributed by atoms with van der Waals surface area (Å²) >= 11 is 0. The Morgan fingerprint density at radius 2 is 1.68 bits per heavy atom. The van der Waals surface area contributed by atoms with Gasteiger partial charge in [0, 0.05) is 0 Å². The van der Waals surface area contributed by atoms with E-state index in [1.54, 1.807) is 30.3 Å². The van der Waals surface area contributed by atoms with E-state index in [1.807, 2.05) is 51.1 Å². The van der Waals surface area contributed by atoms with Gasteiger partial charge in [-0.3, -0.25) is 9.10 Å². The highest BCUT2D eigenvalue weighted by Gasteiger charge is 2.38. The van der Waals surface area contributed by atoms with E-state index in [9.17, 15) is 13.2 Å². The number of anilines is 1. The Morgan fingerprint density at radius 1 is 1.00 bits per heavy atom. The molecule has 0 saturated heterocycles. The van der Waals surface area contributed by atoms with Crippen LogP contribution in [0.25, 0.3) is 0 Å². The Kier molecular flexibility index (Phi) is 7.74. The number of nitrogens with zero attached hydrogens (tertiary/aromatic N) is 1. The number of carbonyl (C=O) groups is 1. The summed E-state index contributed by atoms with van der Waals surface area (Å²) < 4.78 is 40.7. The van der Waals surface area contributed by atoms with Crippen LogP contribution in [0.3, 0.4) is 0 Å². The first-order chi connectivity index (χ1) is 17.9. The molecule has 0 bridgehead atoms. The number of carbonyl (C=O) groups excluding carboxylic acids is 1. The Hall–Kier alpha value is -3.52. The highest BCUT2D eigenvalue weighted by molar-refractivity contribution is 7.92. The lowest BCUT2D eigenvalue weighted by Gasteiger charge is -2.36. The Morgan fingerprint density at radius 3 is 2.34 bits per heavy atom. The molecule has 1 aliphatic rings. The first-order valence-electron chi connectivity index (χ1n) is 12.7. The molecule has 8 heteroatoms. The average molecular weight is 537 g/mol. The number of aryl methyl sites for hydroxylation is 3. The van der Waals surface area contributed by atoms with Crippen LogP contribution in [0.4, 0.5) is 5.69 Å². The molecule has 1 atom stereocenters. The van der Waals surface area contributed by atoms with Gasteiger partial charge in [-0.15, -0.1) is 0 Å². The minimum absolute atomic E-state index is 0.138. The molecule has 1 amide bonds. The SMILES string of the molecule is Cc1ccc(S(=O)(=O)N2C[C@H](C(=O)NCCOc3ccc(C)cc3C)Oc3ccc(C(C)(C)C)cc32)cc1. The maximum absolute atomic E-state index is 13.8. The molecular formula is C30H36N2O5S. The zero-order chi connectivity index (χ0) is 27.7. The number of rotatable bonds is 7. The second-order valence-electron chi connectivity index (χ2n) is 10.8. The maximum atomic E-state index is 13.8. The van der Waals surface area contributed by atoms with Gasteiger partial charge in [0.2, 0.25) is 0 Å². The van der Waals surface area contributed by atoms with Gasteiger partial charge in [0.05, 0.1) is 23.7 Å². The van der Waals surface area contributed by atoms with Crippen molar-refractivity contribution >= 4 is 21.6 Å². The van der Waals surface area contributed by atoms with E-state index in [-0.39, 0.29) is 30.0 Å². The summed E-state index contributed by atoms with van der Waals surface area (Å²) in [6, 6.07) is 18.1. The first kappa shape index (κ1) is 27.5. The topological polar surface area (TPSA) is 84.9 Å². The predicted octanol–water partition coefficient (Wildman–Crippen LogP) is 5.06. The van der Waals surface area contributed by atoms with Crippen molar-refractivity contribution in [2.75, 3.05) is 24.0 Å². The van der Waals surface area contributed by atoms with Crippen LogP contribution in [0.5, 0.6) is 11.5 Å². The molecule has 7 nitrogen and oxygen atoms in total. The lowest BCUT2D eigenvalue weighted by molar-refractivity contribution is -0.127. The first-order valence-corrected chi connectivity index (χ1v) is 14.2. The standard InChI is InChI=1S/C30H36N2O5S/c1-20-7-11-24(12-8-20)38(34,35)32-19-28(37-27-14-10-23(18-25(27)32)30(4,5)6)29(33)31-15-16-36-26-13-9-21(2)17-22(26)3/h7-14,17-18,28H,15-16,19H2,1-6H3,(H,31,33)/t28-/m1/s1. The Labute approximate surface area is 225 Å². The van der Waals surface area contributed by atoms with Gasteiger partial charge in [0.1, 0.15) is 18.1 Å². The second-order valence-corrected chi connectivity index (χ2v) is 12.7. The van der Waals surface area contributed by atoms with Gasteiger partial charge in [-0.25, -0.2) is 8.42 Å². The third-order valence-corrected chi connectivity index (χ3v) is 8.38. The van der Waals surface area contributed by atoms with Crippen LogP contribution < -0.4 is 19.1 Å². The van der Waals surface area contributed by atoms with Gasteiger partial charge in [0.15, 0.2) is 6.10 Å². The molecule has 0 spiro atoms. The fourth-order valence-electron chi connectivity index (χ4n) is 4.33. The van der Waals surface area contributed by atoms with Gasteiger partial charge in [-0.2, -0.15) is 0 Å². The molecule has 0 saturated carbocycles. The van der Waals surface area contributed by atoms with Crippen LogP contribution in [0, 0.1) is 20.8 Å². The van der Waals surface area contributed by atoms with Crippen molar-refractivity contribution in [1.82, 2.24) is 5.32 Å². The van der Waals surface area contributed by atoms with Gasteiger partial charge >= 0.3 is 0 Å². The number of fused-ring (bicyclic) bond motifs is 1. The summed E-state index contributed by atoms with van der Waals surface area (Å²) in [5.74, 6) is 0.716. The molecule has 0 radical (unpaired) electrons. The van der Waals surface area contributed by atoms with E-state index in [2.05, 4.69) is 26.1 Å². The fourth-order valence-corrected chi connectivity index (χ4v) is 5.80. The summed E-state index contributed by atoms with van der Waals surface area (Å²) in [6.45, 7) is 12.5. The zero-order valence-corrected chi connectivity index (χ0v) is 23.7. The van der Waals surface area contributed by atoms with Gasteiger partial charge in [0.25, 0.3) is 15.9 Å². The van der Waals surface area contributed by atoms with Crippen molar-refractivity contribution in [3.63, 3.8) is 0 Å². The third kappa shape index (κ3) is 5.96. The smallest absolute Gasteiger partial charge is 0.264 e. The fraction of sp³-hybridized carbons (Fsp3) is 0.367. The predicted molar refractivity (Wildman–Crippen MR) is 150 cm³/mol. The van der Waals surface area contributed by atoms with E-state index in [1.165, 1.54) is 4.31 Å². The molecule has 1 N–H and O–H groups in total. The number of hydrogen-bond donors (Lipinski definition) is 1. The van der Waals surface area contributed by atoms with E-state index >= 15 is 0 Å². The van der Waals surface area contributed by atoms with Crippen molar-refractivity contribution < 1.29 is 22.7 Å². The molecule has 0 unspecified atom stereocenters. The normalized spacial score (nSPS) is 15.4. The number of sulfonamides is 1. The Balaban J connectivity index is 1.55. The molecule has 4 rings (SSSR count). The molecule has 0 aromatic heterocycles. The molecule has 0 fully saturated rings. The van der Waals surface area contributed by atoms with Gasteiger partial charge < -0.3 is 14.8 Å². The monoisotopic (exact) mass is 536 g/mol. The van der Waals surface area contributed by atoms with Crippen LogP contribution in [0.15, 0.2) is 65.6 Å². The molecule has 3 aromatic rings. The van der Waals surface area contributed by atoms with E-state index in [0.717, 1.165) is 28.0 Å². The Bertz CT molecular complexity index is 1430. The number of ether oxygens (including phenoxy) is 2.